The molecule has 2 aromatic carbocycles. The number of hydrogen-bond acceptors (Lipinski definition) is 9. The summed E-state index contributed by atoms with van der Waals surface area (Å²) in [6, 6.07) is 11.6. The van der Waals surface area contributed by atoms with Crippen molar-refractivity contribution in [1.82, 2.24) is 15.0 Å². The van der Waals surface area contributed by atoms with E-state index < -0.39 is 18.8 Å². The van der Waals surface area contributed by atoms with Crippen molar-refractivity contribution in [3.63, 3.8) is 0 Å². The highest BCUT2D eigenvalue weighted by Gasteiger charge is 2.29. The standard InChI is InChI=1S/C23H22F3N5O4/c24-23(25,26)14-35-22-30-20-27-12-15-3-7-18(8-4-15)33-9-1-2-10-34-19-11-17(6-5-16(19)13-32)28-21(29-20)31-22/h3-8,11,13H,1-2,9-10,12,14H2,(H2,27,28,29,30,31). The van der Waals surface area contributed by atoms with Gasteiger partial charge in [0.25, 0.3) is 0 Å². The molecule has 2 aliphatic heterocycles. The number of carbonyl (C=O) groups excluding carboxylic acids is 1. The Hall–Kier alpha value is -4.09. The molecule has 1 aromatic heterocycles. The number of anilines is 3. The molecule has 2 aliphatic rings. The number of halogens is 3. The van der Waals surface area contributed by atoms with Gasteiger partial charge in [0.1, 0.15) is 11.5 Å². The van der Waals surface area contributed by atoms with Gasteiger partial charge in [-0.25, -0.2) is 0 Å². The van der Waals surface area contributed by atoms with Gasteiger partial charge in [-0.05, 0) is 42.7 Å². The fraction of sp³-hybridized carbons (Fsp3) is 0.304. The van der Waals surface area contributed by atoms with Gasteiger partial charge in [0.2, 0.25) is 11.9 Å². The quantitative estimate of drug-likeness (QED) is 0.513. The van der Waals surface area contributed by atoms with Crippen LogP contribution in [-0.2, 0) is 6.54 Å². The zero-order valence-electron chi connectivity index (χ0n) is 18.5. The molecule has 9 nitrogen and oxygen atoms in total. The monoisotopic (exact) mass is 489 g/mol. The average molecular weight is 489 g/mol. The molecule has 12 heteroatoms. The summed E-state index contributed by atoms with van der Waals surface area (Å²) in [6.45, 7) is -0.380. The van der Waals surface area contributed by atoms with Crippen LogP contribution in [0.2, 0.25) is 0 Å². The minimum absolute atomic E-state index is 0.0129. The largest absolute Gasteiger partial charge is 0.494 e. The number of carbonyl (C=O) groups is 1. The van der Waals surface area contributed by atoms with E-state index in [1.807, 2.05) is 24.3 Å². The number of alkyl halides is 3. The highest BCUT2D eigenvalue weighted by molar-refractivity contribution is 5.81. The number of rotatable bonds is 3. The van der Waals surface area contributed by atoms with Crippen molar-refractivity contribution >= 4 is 23.9 Å². The molecule has 0 fully saturated rings. The summed E-state index contributed by atoms with van der Waals surface area (Å²) in [5, 5.41) is 5.87. The molecule has 3 aromatic rings. The van der Waals surface area contributed by atoms with Gasteiger partial charge in [0, 0.05) is 18.3 Å². The van der Waals surface area contributed by atoms with E-state index in [0.717, 1.165) is 12.0 Å². The maximum atomic E-state index is 12.7. The third-order valence-corrected chi connectivity index (χ3v) is 4.82. The molecule has 3 heterocycles. The predicted octanol–water partition coefficient (Wildman–Crippen LogP) is 4.53. The molecule has 0 unspecified atom stereocenters. The van der Waals surface area contributed by atoms with Crippen LogP contribution in [0, 0.1) is 0 Å². The van der Waals surface area contributed by atoms with Crippen LogP contribution in [0.3, 0.4) is 0 Å². The fourth-order valence-electron chi connectivity index (χ4n) is 3.13. The second-order valence-corrected chi connectivity index (χ2v) is 7.57. The van der Waals surface area contributed by atoms with Crippen LogP contribution in [0.15, 0.2) is 42.5 Å². The Balaban J connectivity index is 1.64. The first kappa shape index (κ1) is 24.0. The van der Waals surface area contributed by atoms with Gasteiger partial charge in [-0.2, -0.15) is 28.1 Å². The van der Waals surface area contributed by atoms with Crippen molar-refractivity contribution < 1.29 is 32.2 Å². The van der Waals surface area contributed by atoms with E-state index in [1.165, 1.54) is 0 Å². The van der Waals surface area contributed by atoms with Crippen molar-refractivity contribution in [3.05, 3.63) is 53.6 Å². The number of ether oxygens (including phenoxy) is 3. The SMILES string of the molecule is O=Cc1ccc2cc1OCCCCOc1ccc(cc1)CNc1nc(nc(OCC(F)(F)F)n1)N2. The van der Waals surface area contributed by atoms with Gasteiger partial charge in [-0.1, -0.05) is 12.1 Å². The molecule has 0 aliphatic carbocycles. The normalized spacial score (nSPS) is 14.1. The van der Waals surface area contributed by atoms with E-state index in [-0.39, 0.29) is 11.9 Å². The molecule has 6 bridgehead atoms. The molecule has 0 atom stereocenters. The third-order valence-electron chi connectivity index (χ3n) is 4.82. The number of hydrogen-bond donors (Lipinski definition) is 2. The zero-order valence-corrected chi connectivity index (χ0v) is 18.5. The lowest BCUT2D eigenvalue weighted by molar-refractivity contribution is -0.154. The molecule has 0 saturated heterocycles. The zero-order chi connectivity index (χ0) is 24.7. The molecule has 5 rings (SSSR count). The number of benzene rings is 2. The minimum atomic E-state index is -4.56. The van der Waals surface area contributed by atoms with Crippen LogP contribution in [0.5, 0.6) is 17.5 Å². The van der Waals surface area contributed by atoms with Gasteiger partial charge < -0.3 is 24.8 Å². The molecule has 0 amide bonds. The smallest absolute Gasteiger partial charge is 0.422 e. The highest BCUT2D eigenvalue weighted by Crippen LogP contribution is 2.26. The topological polar surface area (TPSA) is 107 Å². The lowest BCUT2D eigenvalue weighted by Crippen LogP contribution is -2.21. The molecule has 2 N–H and O–H groups in total. The molecule has 0 saturated carbocycles. The Morgan fingerprint density at radius 3 is 2.46 bits per heavy atom. The van der Waals surface area contributed by atoms with E-state index in [2.05, 4.69) is 25.6 Å². The Labute approximate surface area is 198 Å². The van der Waals surface area contributed by atoms with E-state index in [1.54, 1.807) is 18.2 Å². The summed E-state index contributed by atoms with van der Waals surface area (Å²) in [7, 11) is 0. The number of aldehydes is 1. The van der Waals surface area contributed by atoms with Gasteiger partial charge in [0.05, 0.1) is 18.8 Å². The van der Waals surface area contributed by atoms with Gasteiger partial charge in [0.15, 0.2) is 12.9 Å². The van der Waals surface area contributed by atoms with Gasteiger partial charge >= 0.3 is 12.2 Å². The third kappa shape index (κ3) is 7.19. The first-order valence-electron chi connectivity index (χ1n) is 10.8. The summed E-state index contributed by atoms with van der Waals surface area (Å²) < 4.78 is 54.2. The first-order valence-corrected chi connectivity index (χ1v) is 10.8. The maximum absolute atomic E-state index is 12.7. The van der Waals surface area contributed by atoms with Crippen molar-refractivity contribution in [2.75, 3.05) is 30.5 Å². The van der Waals surface area contributed by atoms with Crippen LogP contribution >= 0.6 is 0 Å². The van der Waals surface area contributed by atoms with Gasteiger partial charge in [-0.15, -0.1) is 0 Å². The minimum Gasteiger partial charge on any atom is -0.494 e. The highest BCUT2D eigenvalue weighted by atomic mass is 19.4. The van der Waals surface area contributed by atoms with Crippen molar-refractivity contribution in [2.45, 2.75) is 25.6 Å². The maximum Gasteiger partial charge on any atom is 0.422 e. The molecule has 35 heavy (non-hydrogen) atoms. The second-order valence-electron chi connectivity index (χ2n) is 7.57. The van der Waals surface area contributed by atoms with Crippen molar-refractivity contribution in [2.24, 2.45) is 0 Å². The van der Waals surface area contributed by atoms with E-state index in [9.17, 15) is 18.0 Å². The summed E-state index contributed by atoms with van der Waals surface area (Å²) >= 11 is 0. The molecule has 0 radical (unpaired) electrons. The number of fused-ring (bicyclic) bond motifs is 8. The molecule has 184 valence electrons. The Bertz CT molecular complexity index is 1160. The Morgan fingerprint density at radius 1 is 0.971 bits per heavy atom. The second kappa shape index (κ2) is 10.9. The lowest BCUT2D eigenvalue weighted by Gasteiger charge is -2.13. The fourth-order valence-corrected chi connectivity index (χ4v) is 3.13. The van der Waals surface area contributed by atoms with Crippen molar-refractivity contribution in [3.8, 4) is 17.5 Å². The summed E-state index contributed by atoms with van der Waals surface area (Å²) in [5.74, 6) is 1.02. The molecule has 0 spiro atoms. The summed E-state index contributed by atoms with van der Waals surface area (Å²) in [5.41, 5.74) is 1.69. The number of aromatic nitrogens is 3. The number of nitrogens with one attached hydrogen (secondary N) is 2. The van der Waals surface area contributed by atoms with Crippen LogP contribution < -0.4 is 24.8 Å². The van der Waals surface area contributed by atoms with Gasteiger partial charge in [-0.3, -0.25) is 4.79 Å². The lowest BCUT2D eigenvalue weighted by atomic mass is 10.2. The number of nitrogens with zero attached hydrogens (tertiary/aromatic N) is 3. The van der Waals surface area contributed by atoms with Crippen LogP contribution in [-0.4, -0.2) is 47.2 Å². The van der Waals surface area contributed by atoms with E-state index in [4.69, 9.17) is 14.2 Å². The average Bonchev–Trinajstić information content (AvgIpc) is 2.83. The van der Waals surface area contributed by atoms with E-state index >= 15 is 0 Å². The van der Waals surface area contributed by atoms with Crippen LogP contribution in [0.4, 0.5) is 30.8 Å². The molecular formula is C23H22F3N5O4. The summed E-state index contributed by atoms with van der Waals surface area (Å²) in [6.07, 6.45) is -2.42. The van der Waals surface area contributed by atoms with Crippen LogP contribution in [0.1, 0.15) is 28.8 Å². The van der Waals surface area contributed by atoms with Crippen LogP contribution in [0.25, 0.3) is 0 Å². The Kier molecular flexibility index (Phi) is 7.48. The summed E-state index contributed by atoms with van der Waals surface area (Å²) in [4.78, 5) is 23.5. The Morgan fingerprint density at radius 2 is 1.71 bits per heavy atom. The predicted molar refractivity (Wildman–Crippen MR) is 120 cm³/mol. The van der Waals surface area contributed by atoms with Crippen molar-refractivity contribution in [1.29, 1.82) is 0 Å². The van der Waals surface area contributed by atoms with E-state index in [0.29, 0.717) is 55.2 Å². The molecular weight excluding hydrogens is 467 g/mol. The first-order chi connectivity index (χ1) is 16.9.